The van der Waals surface area contributed by atoms with Crippen LogP contribution in [0, 0.1) is 19.8 Å². The molecule has 0 spiro atoms. The van der Waals surface area contributed by atoms with E-state index in [1.807, 2.05) is 100 Å². The van der Waals surface area contributed by atoms with Gasteiger partial charge in [-0.2, -0.15) is 0 Å². The highest BCUT2D eigenvalue weighted by Gasteiger charge is 2.46. The fraction of sp³-hybridized carbons (Fsp3) is 0.516. The molecule has 7 rings (SSSR count). The first-order chi connectivity index (χ1) is 40.5. The summed E-state index contributed by atoms with van der Waals surface area (Å²) in [6, 6.07) is 19.1. The number of aryl methyl sites for hydroxylation is 2. The Morgan fingerprint density at radius 2 is 1.28 bits per heavy atom. The van der Waals surface area contributed by atoms with Gasteiger partial charge < -0.3 is 66.4 Å². The second kappa shape index (κ2) is 30.2. The van der Waals surface area contributed by atoms with E-state index in [-0.39, 0.29) is 56.8 Å². The summed E-state index contributed by atoms with van der Waals surface area (Å²) < 4.78 is 5.88. The Balaban J connectivity index is 1.19. The third-order valence-corrected chi connectivity index (χ3v) is 16.3. The fourth-order valence-corrected chi connectivity index (χ4v) is 11.1. The molecular weight excluding hydrogens is 1090 g/mol. The minimum Gasteiger partial charge on any atom is -0.494 e. The van der Waals surface area contributed by atoms with Crippen molar-refractivity contribution < 1.29 is 58.7 Å². The number of benzene rings is 4. The van der Waals surface area contributed by atoms with Crippen molar-refractivity contribution in [2.45, 2.75) is 160 Å². The lowest BCUT2D eigenvalue weighted by Gasteiger charge is -2.33. The molecule has 3 aliphatic rings. The highest BCUT2D eigenvalue weighted by atomic mass is 16.5. The lowest BCUT2D eigenvalue weighted by molar-refractivity contribution is -0.145. The predicted octanol–water partition coefficient (Wildman–Crippen LogP) is 2.71. The summed E-state index contributed by atoms with van der Waals surface area (Å²) in [5.74, 6) is -5.33. The highest BCUT2D eigenvalue weighted by molar-refractivity contribution is 6.00. The molecule has 12 atom stereocenters. The number of carbonyl (C=O) groups is 7. The summed E-state index contributed by atoms with van der Waals surface area (Å²) in [6.07, 6.45) is -4.91. The van der Waals surface area contributed by atoms with Crippen molar-refractivity contribution in [3.05, 3.63) is 113 Å². The van der Waals surface area contributed by atoms with Crippen LogP contribution in [0.15, 0.2) is 91.0 Å². The molecule has 0 radical (unpaired) electrons. The SMILES string of the molecule is CCCCCOc1ccc(-c2ccc(-c3ccc(C(=O)NC4CC(O)C(NCCN(C)C)NC(=O)C5CC(C)CN5C(=O)C(C(C)O)NC(=O)C(C(O)Cc5ccc(C)c(C)c5)NC(=O)C5CC(O)CN5C(=O)C(CC)NC4=O)cc3)cc2)cc1. The monoisotopic (exact) mass is 1170 g/mol. The van der Waals surface area contributed by atoms with Gasteiger partial charge in [0, 0.05) is 51.0 Å². The van der Waals surface area contributed by atoms with Gasteiger partial charge in [-0.1, -0.05) is 100 Å². The van der Waals surface area contributed by atoms with Crippen LogP contribution in [0.1, 0.15) is 99.7 Å². The largest absolute Gasteiger partial charge is 0.494 e. The van der Waals surface area contributed by atoms with Crippen molar-refractivity contribution in [1.82, 2.24) is 46.6 Å². The lowest BCUT2D eigenvalue weighted by atomic mass is 9.97. The van der Waals surface area contributed by atoms with E-state index in [2.05, 4.69) is 38.8 Å². The standard InChI is InChI=1S/C64H87N9O12/c1-9-11-12-29-85-48-25-23-45(24-26-48)43-17-15-42(16-18-43)44-19-21-46(22-20-44)58(78)67-50-34-54(77)57(65-27-28-71(7)8)70-61(81)51-30-37(3)35-72(51)64(84)55(40(6)74)68-62(82)56(53(76)32-41-14-13-38(4)39(5)31-41)69-60(80)52-33-47(75)36-73(52)63(83)49(10-2)66-59(50)79/h13-26,31,37,40,47,49-57,65,74-77H,9-12,27-30,32-36H2,1-8H3,(H,66,79)(H,67,78)(H,68,82)(H,69,80)(H,70,81). The Morgan fingerprint density at radius 3 is 1.88 bits per heavy atom. The van der Waals surface area contributed by atoms with Gasteiger partial charge in [0.25, 0.3) is 5.91 Å². The summed E-state index contributed by atoms with van der Waals surface area (Å²) >= 11 is 0. The van der Waals surface area contributed by atoms with Crippen molar-refractivity contribution in [2.24, 2.45) is 5.92 Å². The van der Waals surface area contributed by atoms with Crippen molar-refractivity contribution in [3.8, 4) is 28.0 Å². The van der Waals surface area contributed by atoms with Crippen molar-refractivity contribution in [1.29, 1.82) is 0 Å². The molecule has 21 nitrogen and oxygen atoms in total. The summed E-state index contributed by atoms with van der Waals surface area (Å²) in [6.45, 7) is 11.7. The van der Waals surface area contributed by atoms with Crippen LogP contribution < -0.4 is 36.6 Å². The lowest BCUT2D eigenvalue weighted by Crippen LogP contribution is -2.63. The summed E-state index contributed by atoms with van der Waals surface area (Å²) in [4.78, 5) is 106. The molecule has 0 aromatic heterocycles. The molecule has 3 fully saturated rings. The van der Waals surface area contributed by atoms with Gasteiger partial charge in [-0.3, -0.25) is 38.9 Å². The molecule has 3 heterocycles. The maximum Gasteiger partial charge on any atom is 0.251 e. The van der Waals surface area contributed by atoms with E-state index < -0.39 is 115 Å². The van der Waals surface area contributed by atoms with Gasteiger partial charge in [0.2, 0.25) is 35.4 Å². The number of carbonyl (C=O) groups excluding carboxylic acids is 7. The van der Waals surface area contributed by atoms with Crippen molar-refractivity contribution >= 4 is 41.4 Å². The average molecular weight is 1170 g/mol. The minimum absolute atomic E-state index is 0.0334. The van der Waals surface area contributed by atoms with Crippen molar-refractivity contribution in [3.63, 3.8) is 0 Å². The van der Waals surface area contributed by atoms with E-state index >= 15 is 0 Å². The Labute approximate surface area is 498 Å². The highest BCUT2D eigenvalue weighted by Crippen LogP contribution is 2.29. The van der Waals surface area contributed by atoms with Gasteiger partial charge in [-0.25, -0.2) is 0 Å². The van der Waals surface area contributed by atoms with Crippen LogP contribution in [0.5, 0.6) is 5.75 Å². The number of hydrogen-bond acceptors (Lipinski definition) is 14. The smallest absolute Gasteiger partial charge is 0.251 e. The zero-order chi connectivity index (χ0) is 61.6. The van der Waals surface area contributed by atoms with Gasteiger partial charge in [-0.15, -0.1) is 0 Å². The van der Waals surface area contributed by atoms with Crippen LogP contribution in [0.25, 0.3) is 22.3 Å². The van der Waals surface area contributed by atoms with E-state index in [0.29, 0.717) is 18.7 Å². The van der Waals surface area contributed by atoms with Crippen LogP contribution in [0.2, 0.25) is 0 Å². The van der Waals surface area contributed by atoms with Crippen LogP contribution >= 0.6 is 0 Å². The van der Waals surface area contributed by atoms with Crippen LogP contribution in [0.3, 0.4) is 0 Å². The average Bonchev–Trinajstić information content (AvgIpc) is 3.53. The second-order valence-electron chi connectivity index (χ2n) is 23.4. The van der Waals surface area contributed by atoms with Gasteiger partial charge in [0.05, 0.1) is 31.0 Å². The third kappa shape index (κ3) is 17.2. The number of nitrogens with zero attached hydrogens (tertiary/aromatic N) is 3. The molecule has 21 heteroatoms. The molecular formula is C64H87N9O12. The number of amides is 7. The number of nitrogens with one attached hydrogen (secondary N) is 6. The topological polar surface area (TPSA) is 292 Å². The maximum atomic E-state index is 14.8. The van der Waals surface area contributed by atoms with E-state index in [0.717, 1.165) is 63.3 Å². The molecule has 460 valence electrons. The van der Waals surface area contributed by atoms with Gasteiger partial charge in [-0.05, 0) is 123 Å². The number of fused-ring (bicyclic) bond motifs is 2. The predicted molar refractivity (Wildman–Crippen MR) is 321 cm³/mol. The Morgan fingerprint density at radius 1 is 0.694 bits per heavy atom. The zero-order valence-corrected chi connectivity index (χ0v) is 50.2. The van der Waals surface area contributed by atoms with E-state index in [1.165, 1.54) is 11.8 Å². The molecule has 0 aliphatic carbocycles. The first kappa shape index (κ1) is 65.3. The van der Waals surface area contributed by atoms with Crippen LogP contribution in [-0.2, 0) is 35.2 Å². The molecule has 3 aliphatic heterocycles. The molecule has 12 unspecified atom stereocenters. The van der Waals surface area contributed by atoms with Crippen molar-refractivity contribution in [2.75, 3.05) is 46.9 Å². The molecule has 7 amide bonds. The Hall–Kier alpha value is -7.27. The van der Waals surface area contributed by atoms with E-state index in [4.69, 9.17) is 4.74 Å². The molecule has 10 N–H and O–H groups in total. The maximum absolute atomic E-state index is 14.8. The number of unbranched alkanes of at least 4 members (excludes halogenated alkanes) is 2. The first-order valence-corrected chi connectivity index (χ1v) is 29.8. The number of aliphatic hydroxyl groups is 4. The van der Waals surface area contributed by atoms with E-state index in [9.17, 15) is 54.0 Å². The van der Waals surface area contributed by atoms with E-state index in [1.54, 1.807) is 37.3 Å². The normalized spacial score (nSPS) is 25.4. The van der Waals surface area contributed by atoms with Crippen LogP contribution in [0.4, 0.5) is 0 Å². The molecule has 85 heavy (non-hydrogen) atoms. The number of ether oxygens (including phenoxy) is 1. The Kier molecular flexibility index (Phi) is 23.2. The molecule has 3 saturated heterocycles. The fourth-order valence-electron chi connectivity index (χ4n) is 11.1. The quantitative estimate of drug-likeness (QED) is 0.0642. The number of hydrogen-bond donors (Lipinski definition) is 10. The zero-order valence-electron chi connectivity index (χ0n) is 50.2. The summed E-state index contributed by atoms with van der Waals surface area (Å²) in [7, 11) is 3.66. The summed E-state index contributed by atoms with van der Waals surface area (Å²) in [5.41, 5.74) is 6.38. The third-order valence-electron chi connectivity index (χ3n) is 16.3. The minimum atomic E-state index is -1.79. The molecule has 4 aromatic carbocycles. The number of likely N-dealkylation sites (N-methyl/N-ethyl adjacent to an activating group) is 1. The summed E-state index contributed by atoms with van der Waals surface area (Å²) in [5, 5.41) is 62.9. The van der Waals surface area contributed by atoms with Gasteiger partial charge in [0.1, 0.15) is 48.2 Å². The molecule has 0 saturated carbocycles. The van der Waals surface area contributed by atoms with Gasteiger partial charge >= 0.3 is 0 Å². The second-order valence-corrected chi connectivity index (χ2v) is 23.4. The van der Waals surface area contributed by atoms with Gasteiger partial charge in [0.15, 0.2) is 0 Å². The first-order valence-electron chi connectivity index (χ1n) is 29.8. The van der Waals surface area contributed by atoms with Crippen LogP contribution in [-0.4, -0.2) is 190 Å². The Bertz CT molecular complexity index is 2940. The number of aliphatic hydroxyl groups excluding tert-OH is 4. The number of rotatable bonds is 18. The molecule has 4 aromatic rings. The molecule has 0 bridgehead atoms.